The van der Waals surface area contributed by atoms with Gasteiger partial charge >= 0.3 is 12.2 Å². The Kier molecular flexibility index (Phi) is 7.49. The number of urea groups is 1. The first-order valence-electron chi connectivity index (χ1n) is 8.02. The fraction of sp³-hybridized carbons (Fsp3) is 0.278. The molecule has 146 valence electrons. The van der Waals surface area contributed by atoms with Crippen LogP contribution in [0.5, 0.6) is 5.75 Å². The molecule has 0 saturated heterocycles. The van der Waals surface area contributed by atoms with Crippen LogP contribution in [0.1, 0.15) is 5.56 Å². The largest absolute Gasteiger partial charge is 0.497 e. The maximum atomic E-state index is 13.2. The van der Waals surface area contributed by atoms with E-state index in [1.54, 1.807) is 48.5 Å². The van der Waals surface area contributed by atoms with E-state index in [9.17, 15) is 18.0 Å². The molecule has 0 radical (unpaired) electrons. The van der Waals surface area contributed by atoms with Crippen LogP contribution in [-0.2, 0) is 6.54 Å². The van der Waals surface area contributed by atoms with Crippen molar-refractivity contribution in [1.29, 1.82) is 0 Å². The van der Waals surface area contributed by atoms with Crippen molar-refractivity contribution in [1.82, 2.24) is 10.6 Å². The molecule has 0 spiro atoms. The lowest BCUT2D eigenvalue weighted by atomic mass is 10.2. The van der Waals surface area contributed by atoms with Crippen LogP contribution in [0.4, 0.5) is 23.7 Å². The molecule has 0 bridgehead atoms. The Hall–Kier alpha value is -2.26. The zero-order valence-electron chi connectivity index (χ0n) is 14.4. The molecule has 0 aliphatic heterocycles. The molecule has 0 saturated carbocycles. The van der Waals surface area contributed by atoms with Crippen LogP contribution in [0.3, 0.4) is 0 Å². The quantitative estimate of drug-likeness (QED) is 0.595. The molecule has 0 aliphatic carbocycles. The molecule has 3 N–H and O–H groups in total. The lowest BCUT2D eigenvalue weighted by molar-refractivity contribution is -0.154. The van der Waals surface area contributed by atoms with Crippen molar-refractivity contribution in [2.24, 2.45) is 0 Å². The van der Waals surface area contributed by atoms with E-state index in [0.717, 1.165) is 5.56 Å². The molecule has 0 heterocycles. The van der Waals surface area contributed by atoms with Crippen LogP contribution in [0, 0.1) is 0 Å². The Bertz CT molecular complexity index is 757. The van der Waals surface area contributed by atoms with Crippen molar-refractivity contribution in [3.63, 3.8) is 0 Å². The predicted molar refractivity (Wildman–Crippen MR) is 101 cm³/mol. The molecule has 2 aromatic rings. The molecule has 1 unspecified atom stereocenters. The lowest BCUT2D eigenvalue weighted by Crippen LogP contribution is -2.50. The molecule has 5 nitrogen and oxygen atoms in total. The van der Waals surface area contributed by atoms with Gasteiger partial charge in [-0.2, -0.15) is 13.2 Å². The lowest BCUT2D eigenvalue weighted by Gasteiger charge is -2.22. The number of ether oxygens (including phenoxy) is 1. The summed E-state index contributed by atoms with van der Waals surface area (Å²) in [4.78, 5) is 12.0. The number of amides is 2. The number of rotatable bonds is 7. The van der Waals surface area contributed by atoms with E-state index < -0.39 is 24.8 Å². The topological polar surface area (TPSA) is 62.4 Å². The minimum absolute atomic E-state index is 0.0374. The number of benzene rings is 2. The van der Waals surface area contributed by atoms with Crippen LogP contribution in [0.15, 0.2) is 53.0 Å². The minimum Gasteiger partial charge on any atom is -0.497 e. The van der Waals surface area contributed by atoms with E-state index in [1.807, 2.05) is 0 Å². The van der Waals surface area contributed by atoms with E-state index in [-0.39, 0.29) is 6.54 Å². The van der Waals surface area contributed by atoms with Gasteiger partial charge in [0.25, 0.3) is 0 Å². The van der Waals surface area contributed by atoms with Crippen molar-refractivity contribution in [3.05, 3.63) is 58.6 Å². The van der Waals surface area contributed by atoms with Gasteiger partial charge in [0.05, 0.1) is 12.8 Å². The van der Waals surface area contributed by atoms with E-state index in [0.29, 0.717) is 15.9 Å². The van der Waals surface area contributed by atoms with E-state index >= 15 is 0 Å². The summed E-state index contributed by atoms with van der Waals surface area (Å²) in [5.74, 6) is 0.506. The molecule has 0 aliphatic rings. The number of hydrogen-bond donors (Lipinski definition) is 3. The van der Waals surface area contributed by atoms with Crippen LogP contribution < -0.4 is 20.7 Å². The van der Waals surface area contributed by atoms with Crippen molar-refractivity contribution < 1.29 is 22.7 Å². The fourth-order valence-electron chi connectivity index (χ4n) is 2.23. The van der Waals surface area contributed by atoms with Crippen molar-refractivity contribution in [2.45, 2.75) is 18.8 Å². The second-order valence-electron chi connectivity index (χ2n) is 5.64. The number of halogens is 4. The van der Waals surface area contributed by atoms with E-state index in [1.165, 1.54) is 7.11 Å². The van der Waals surface area contributed by atoms with Gasteiger partial charge in [-0.3, -0.25) is 0 Å². The third-order valence-electron chi connectivity index (χ3n) is 3.68. The molecular weight excluding hydrogens is 427 g/mol. The van der Waals surface area contributed by atoms with Gasteiger partial charge in [0, 0.05) is 23.6 Å². The van der Waals surface area contributed by atoms with Crippen LogP contribution in [-0.4, -0.2) is 31.9 Å². The maximum absolute atomic E-state index is 13.2. The zero-order chi connectivity index (χ0) is 19.9. The van der Waals surface area contributed by atoms with Gasteiger partial charge < -0.3 is 20.7 Å². The normalized spacial score (nSPS) is 12.3. The van der Waals surface area contributed by atoms with Gasteiger partial charge in [-0.1, -0.05) is 30.3 Å². The maximum Gasteiger partial charge on any atom is 0.405 e. The van der Waals surface area contributed by atoms with Gasteiger partial charge in [-0.25, -0.2) is 4.79 Å². The van der Waals surface area contributed by atoms with Gasteiger partial charge in [-0.15, -0.1) is 0 Å². The summed E-state index contributed by atoms with van der Waals surface area (Å²) in [6, 6.07) is 11.0. The van der Waals surface area contributed by atoms with Gasteiger partial charge in [0.1, 0.15) is 11.8 Å². The number of carbonyl (C=O) groups is 1. The van der Waals surface area contributed by atoms with E-state index in [2.05, 4.69) is 31.9 Å². The average Bonchev–Trinajstić information content (AvgIpc) is 2.63. The first-order chi connectivity index (χ1) is 12.8. The summed E-state index contributed by atoms with van der Waals surface area (Å²) in [6.45, 7) is -0.570. The Morgan fingerprint density at radius 1 is 1.19 bits per heavy atom. The summed E-state index contributed by atoms with van der Waals surface area (Å²) in [5, 5.41) is 7.17. The van der Waals surface area contributed by atoms with Crippen molar-refractivity contribution in [3.8, 4) is 5.75 Å². The van der Waals surface area contributed by atoms with Gasteiger partial charge in [-0.05, 0) is 33.6 Å². The number of nitrogens with one attached hydrogen (secondary N) is 3. The highest BCUT2D eigenvalue weighted by molar-refractivity contribution is 9.10. The second kappa shape index (κ2) is 9.61. The first kappa shape index (κ1) is 21.0. The number of hydrogen-bond acceptors (Lipinski definition) is 3. The number of carbonyl (C=O) groups excluding carboxylic acids is 1. The van der Waals surface area contributed by atoms with Crippen LogP contribution in [0.25, 0.3) is 0 Å². The molecule has 0 aromatic heterocycles. The molecule has 2 aromatic carbocycles. The summed E-state index contributed by atoms with van der Waals surface area (Å²) in [7, 11) is 1.47. The Morgan fingerprint density at radius 3 is 2.52 bits per heavy atom. The van der Waals surface area contributed by atoms with Gasteiger partial charge in [0.15, 0.2) is 0 Å². The summed E-state index contributed by atoms with van der Waals surface area (Å²) >= 11 is 3.26. The minimum atomic E-state index is -4.50. The summed E-state index contributed by atoms with van der Waals surface area (Å²) in [5.41, 5.74) is 1.10. The number of methoxy groups -OCH3 is 1. The fourth-order valence-corrected chi connectivity index (χ4v) is 2.57. The monoisotopic (exact) mass is 445 g/mol. The molecule has 1 atom stereocenters. The standard InChI is InChI=1S/C18H19BrF3N3O2/c1-27-13-7-8-14(19)15(9-13)25-17(26)24-11-16(18(20,21)22)23-10-12-5-3-2-4-6-12/h2-9,16,23H,10-11H2,1H3,(H2,24,25,26). The Morgan fingerprint density at radius 2 is 1.89 bits per heavy atom. The molecule has 2 amide bonds. The molecule has 9 heteroatoms. The Balaban J connectivity index is 1.93. The summed E-state index contributed by atoms with van der Waals surface area (Å²) in [6.07, 6.45) is -4.50. The third kappa shape index (κ3) is 6.76. The molecule has 2 rings (SSSR count). The third-order valence-corrected chi connectivity index (χ3v) is 4.37. The highest BCUT2D eigenvalue weighted by atomic mass is 79.9. The van der Waals surface area contributed by atoms with Crippen LogP contribution in [0.2, 0.25) is 0 Å². The van der Waals surface area contributed by atoms with Crippen molar-refractivity contribution in [2.75, 3.05) is 19.0 Å². The second-order valence-corrected chi connectivity index (χ2v) is 6.50. The van der Waals surface area contributed by atoms with Crippen molar-refractivity contribution >= 4 is 27.6 Å². The molecule has 27 heavy (non-hydrogen) atoms. The average molecular weight is 446 g/mol. The molecular formula is C18H19BrF3N3O2. The SMILES string of the molecule is COc1ccc(Br)c(NC(=O)NCC(NCc2ccccc2)C(F)(F)F)c1. The molecule has 0 fully saturated rings. The Labute approximate surface area is 163 Å². The first-order valence-corrected chi connectivity index (χ1v) is 8.81. The van der Waals surface area contributed by atoms with Crippen LogP contribution >= 0.6 is 15.9 Å². The summed E-state index contributed by atoms with van der Waals surface area (Å²) < 4.78 is 45.2. The predicted octanol–water partition coefficient (Wildman–Crippen LogP) is 4.30. The number of alkyl halides is 3. The number of anilines is 1. The highest BCUT2D eigenvalue weighted by Gasteiger charge is 2.39. The highest BCUT2D eigenvalue weighted by Crippen LogP contribution is 2.27. The van der Waals surface area contributed by atoms with Gasteiger partial charge in [0.2, 0.25) is 0 Å². The smallest absolute Gasteiger partial charge is 0.405 e. The zero-order valence-corrected chi connectivity index (χ0v) is 16.0. The van der Waals surface area contributed by atoms with E-state index in [4.69, 9.17) is 4.74 Å².